The maximum Gasteiger partial charge on any atom is 0.161 e. The molecular weight excluding hydrogens is 306 g/mol. The summed E-state index contributed by atoms with van der Waals surface area (Å²) in [6.45, 7) is 0. The zero-order valence-corrected chi connectivity index (χ0v) is 14.1. The van der Waals surface area contributed by atoms with Crippen LogP contribution < -0.4 is 18.9 Å². The highest BCUT2D eigenvalue weighted by Crippen LogP contribution is 2.40. The Morgan fingerprint density at radius 3 is 1.92 bits per heavy atom. The number of hydrogen-bond donors (Lipinski definition) is 0. The first-order valence-corrected chi connectivity index (χ1v) is 7.23. The molecule has 0 aliphatic carbocycles. The summed E-state index contributed by atoms with van der Waals surface area (Å²) in [6, 6.07) is 13.0. The molecule has 2 aromatic rings. The van der Waals surface area contributed by atoms with Crippen LogP contribution in [0.1, 0.15) is 11.1 Å². The minimum Gasteiger partial charge on any atom is -0.496 e. The summed E-state index contributed by atoms with van der Waals surface area (Å²) in [6.07, 6.45) is 1.46. The van der Waals surface area contributed by atoms with E-state index in [-0.39, 0.29) is 0 Å². The number of rotatable bonds is 6. The van der Waals surface area contributed by atoms with Crippen LogP contribution in [0.3, 0.4) is 0 Å². The predicted molar refractivity (Wildman–Crippen MR) is 91.8 cm³/mol. The van der Waals surface area contributed by atoms with Crippen LogP contribution in [-0.2, 0) is 0 Å². The Morgan fingerprint density at radius 2 is 1.42 bits per heavy atom. The number of nitrogens with zero attached hydrogens (tertiary/aromatic N) is 1. The van der Waals surface area contributed by atoms with Gasteiger partial charge in [0.2, 0.25) is 0 Å². The molecule has 0 saturated carbocycles. The third kappa shape index (κ3) is 3.28. The van der Waals surface area contributed by atoms with Crippen molar-refractivity contribution in [2.75, 3.05) is 28.4 Å². The topological polar surface area (TPSA) is 60.7 Å². The Labute approximate surface area is 141 Å². The SMILES string of the molecule is COc1ccc(C(=CC#N)c2c(OC)cccc2OC)cc1OC. The monoisotopic (exact) mass is 325 g/mol. The van der Waals surface area contributed by atoms with Gasteiger partial charge in [-0.15, -0.1) is 0 Å². The fourth-order valence-electron chi connectivity index (χ4n) is 2.48. The number of hydrogen-bond acceptors (Lipinski definition) is 5. The Morgan fingerprint density at radius 1 is 0.833 bits per heavy atom. The summed E-state index contributed by atoms with van der Waals surface area (Å²) in [7, 11) is 6.31. The molecule has 0 unspecified atom stereocenters. The van der Waals surface area contributed by atoms with Crippen molar-refractivity contribution in [3.8, 4) is 29.1 Å². The van der Waals surface area contributed by atoms with Gasteiger partial charge in [-0.3, -0.25) is 0 Å². The van der Waals surface area contributed by atoms with Gasteiger partial charge in [-0.05, 0) is 29.8 Å². The smallest absolute Gasteiger partial charge is 0.161 e. The van der Waals surface area contributed by atoms with E-state index in [1.165, 1.54) is 6.08 Å². The van der Waals surface area contributed by atoms with E-state index >= 15 is 0 Å². The van der Waals surface area contributed by atoms with Crippen LogP contribution in [0.25, 0.3) is 5.57 Å². The van der Waals surface area contributed by atoms with Gasteiger partial charge in [0.15, 0.2) is 11.5 Å². The lowest BCUT2D eigenvalue weighted by molar-refractivity contribution is 0.355. The quantitative estimate of drug-likeness (QED) is 0.758. The van der Waals surface area contributed by atoms with Gasteiger partial charge in [0, 0.05) is 11.6 Å². The van der Waals surface area contributed by atoms with Gasteiger partial charge in [-0.2, -0.15) is 5.26 Å². The second-order valence-corrected chi connectivity index (χ2v) is 4.79. The van der Waals surface area contributed by atoms with Crippen molar-refractivity contribution in [2.24, 2.45) is 0 Å². The summed E-state index contributed by atoms with van der Waals surface area (Å²) in [5.41, 5.74) is 2.17. The molecule has 2 rings (SSSR count). The summed E-state index contributed by atoms with van der Waals surface area (Å²) < 4.78 is 21.5. The summed E-state index contributed by atoms with van der Waals surface area (Å²) in [5.74, 6) is 2.42. The van der Waals surface area contributed by atoms with Crippen molar-refractivity contribution >= 4 is 5.57 Å². The number of allylic oxidation sites excluding steroid dienone is 1. The number of benzene rings is 2. The van der Waals surface area contributed by atoms with Crippen LogP contribution in [0, 0.1) is 11.3 Å². The highest BCUT2D eigenvalue weighted by molar-refractivity contribution is 5.87. The third-order valence-electron chi connectivity index (χ3n) is 3.60. The van der Waals surface area contributed by atoms with Gasteiger partial charge >= 0.3 is 0 Å². The molecule has 0 N–H and O–H groups in total. The zero-order valence-electron chi connectivity index (χ0n) is 14.1. The molecule has 0 spiro atoms. The molecule has 0 aliphatic heterocycles. The minimum atomic E-state index is 0.577. The predicted octanol–water partition coefficient (Wildman–Crippen LogP) is 3.68. The zero-order chi connectivity index (χ0) is 17.5. The van der Waals surface area contributed by atoms with Crippen molar-refractivity contribution in [3.63, 3.8) is 0 Å². The first kappa shape index (κ1) is 17.2. The van der Waals surface area contributed by atoms with Crippen molar-refractivity contribution < 1.29 is 18.9 Å². The summed E-state index contributed by atoms with van der Waals surface area (Å²) in [5, 5.41) is 9.25. The van der Waals surface area contributed by atoms with E-state index in [0.717, 1.165) is 5.56 Å². The van der Waals surface area contributed by atoms with Gasteiger partial charge < -0.3 is 18.9 Å². The van der Waals surface area contributed by atoms with E-state index in [1.807, 2.05) is 30.3 Å². The standard InChI is InChI=1S/C19H19NO4/c1-21-15-9-8-13(12-18(15)24-4)14(10-11-20)19-16(22-2)6-5-7-17(19)23-3/h5-10,12H,1-4H3. The van der Waals surface area contributed by atoms with Crippen LogP contribution >= 0.6 is 0 Å². The van der Waals surface area contributed by atoms with Crippen LogP contribution in [0.15, 0.2) is 42.5 Å². The van der Waals surface area contributed by atoms with Crippen LogP contribution in [0.2, 0.25) is 0 Å². The Balaban J connectivity index is 2.69. The van der Waals surface area contributed by atoms with Gasteiger partial charge in [0.05, 0.1) is 40.1 Å². The van der Waals surface area contributed by atoms with E-state index in [4.69, 9.17) is 18.9 Å². The lowest BCUT2D eigenvalue weighted by Gasteiger charge is -2.17. The molecule has 24 heavy (non-hydrogen) atoms. The second kappa shape index (κ2) is 7.93. The molecule has 0 heterocycles. The third-order valence-corrected chi connectivity index (χ3v) is 3.60. The summed E-state index contributed by atoms with van der Waals surface area (Å²) >= 11 is 0. The molecule has 0 fully saturated rings. The highest BCUT2D eigenvalue weighted by atomic mass is 16.5. The van der Waals surface area contributed by atoms with Gasteiger partial charge in [0.1, 0.15) is 11.5 Å². The van der Waals surface area contributed by atoms with Crippen molar-refractivity contribution in [3.05, 3.63) is 53.6 Å². The maximum atomic E-state index is 9.25. The normalized spacial score (nSPS) is 10.7. The molecule has 0 amide bonds. The molecule has 5 heteroatoms. The first-order chi connectivity index (χ1) is 11.7. The van der Waals surface area contributed by atoms with E-state index in [9.17, 15) is 5.26 Å². The van der Waals surface area contributed by atoms with E-state index in [2.05, 4.69) is 6.07 Å². The molecule has 2 aromatic carbocycles. The summed E-state index contributed by atoms with van der Waals surface area (Å²) in [4.78, 5) is 0. The number of methoxy groups -OCH3 is 4. The fourth-order valence-corrected chi connectivity index (χ4v) is 2.48. The second-order valence-electron chi connectivity index (χ2n) is 4.79. The molecule has 0 radical (unpaired) electrons. The Bertz CT molecular complexity index is 768. The van der Waals surface area contributed by atoms with Gasteiger partial charge in [-0.1, -0.05) is 12.1 Å². The number of nitriles is 1. The molecule has 124 valence electrons. The van der Waals surface area contributed by atoms with Crippen molar-refractivity contribution in [2.45, 2.75) is 0 Å². The molecule has 0 aliphatic rings. The van der Waals surface area contributed by atoms with Gasteiger partial charge in [-0.25, -0.2) is 0 Å². The molecule has 0 bridgehead atoms. The molecule has 0 saturated heterocycles. The van der Waals surface area contributed by atoms with Gasteiger partial charge in [0.25, 0.3) is 0 Å². The van der Waals surface area contributed by atoms with Crippen LogP contribution in [0.4, 0.5) is 0 Å². The average molecular weight is 325 g/mol. The van der Waals surface area contributed by atoms with Crippen LogP contribution in [-0.4, -0.2) is 28.4 Å². The fraction of sp³-hybridized carbons (Fsp3) is 0.211. The van der Waals surface area contributed by atoms with Crippen LogP contribution in [0.5, 0.6) is 23.0 Å². The van der Waals surface area contributed by atoms with Crippen molar-refractivity contribution in [1.82, 2.24) is 0 Å². The van der Waals surface area contributed by atoms with E-state index in [1.54, 1.807) is 34.5 Å². The molecule has 0 atom stereocenters. The lowest BCUT2D eigenvalue weighted by Crippen LogP contribution is -1.99. The molecule has 5 nitrogen and oxygen atoms in total. The maximum absolute atomic E-state index is 9.25. The van der Waals surface area contributed by atoms with Crippen molar-refractivity contribution in [1.29, 1.82) is 5.26 Å². The van der Waals surface area contributed by atoms with E-state index in [0.29, 0.717) is 34.1 Å². The Kier molecular flexibility index (Phi) is 5.69. The average Bonchev–Trinajstić information content (AvgIpc) is 2.64. The molecule has 0 aromatic heterocycles. The minimum absolute atomic E-state index is 0.577. The lowest BCUT2D eigenvalue weighted by atomic mass is 9.95. The highest BCUT2D eigenvalue weighted by Gasteiger charge is 2.18. The molecular formula is C19H19NO4. The number of ether oxygens (including phenoxy) is 4. The Hall–Kier alpha value is -3.13. The van der Waals surface area contributed by atoms with E-state index < -0.39 is 0 Å². The largest absolute Gasteiger partial charge is 0.496 e. The first-order valence-electron chi connectivity index (χ1n) is 7.23.